The lowest BCUT2D eigenvalue weighted by atomic mass is 10.1. The number of alkyl halides is 3. The molecule has 178 valence electrons. The Labute approximate surface area is 201 Å². The summed E-state index contributed by atoms with van der Waals surface area (Å²) < 4.78 is 45.8. The van der Waals surface area contributed by atoms with Gasteiger partial charge in [0.05, 0.1) is 5.56 Å². The van der Waals surface area contributed by atoms with Crippen LogP contribution in [0.5, 0.6) is 11.5 Å². The third kappa shape index (κ3) is 9.56. The van der Waals surface area contributed by atoms with Crippen LogP contribution in [0.1, 0.15) is 21.5 Å². The average molecular weight is 513 g/mol. The summed E-state index contributed by atoms with van der Waals surface area (Å²) in [5.74, 6) is 0.0361. The smallest absolute Gasteiger partial charge is 0.420 e. The lowest BCUT2D eigenvalue weighted by molar-refractivity contribution is -0.138. The molecule has 0 aliphatic rings. The van der Waals surface area contributed by atoms with E-state index in [9.17, 15) is 18.0 Å². The lowest BCUT2D eigenvalue weighted by Crippen LogP contribution is -2.35. The minimum absolute atomic E-state index is 0. The Bertz CT molecular complexity index is 897. The van der Waals surface area contributed by atoms with Gasteiger partial charge in [0.2, 0.25) is 0 Å². The fourth-order valence-corrected chi connectivity index (χ4v) is 3.46. The van der Waals surface area contributed by atoms with E-state index in [1.54, 1.807) is 36.0 Å². The Morgan fingerprint density at radius 1 is 1.16 bits per heavy atom. The molecule has 0 spiro atoms. The summed E-state index contributed by atoms with van der Waals surface area (Å²) >= 11 is 1.77. The third-order valence-corrected chi connectivity index (χ3v) is 4.91. The third-order valence-electron chi connectivity index (χ3n) is 3.90. The van der Waals surface area contributed by atoms with Crippen LogP contribution in [-0.4, -0.2) is 43.2 Å². The van der Waals surface area contributed by atoms with Gasteiger partial charge in [-0.25, -0.2) is 0 Å². The average Bonchev–Trinajstić information content (AvgIpc) is 2.65. The summed E-state index contributed by atoms with van der Waals surface area (Å²) in [7, 11) is 4.01. The van der Waals surface area contributed by atoms with Crippen molar-refractivity contribution >= 4 is 48.4 Å². The number of benzene rings is 2. The van der Waals surface area contributed by atoms with Gasteiger partial charge in [-0.1, -0.05) is 12.1 Å². The van der Waals surface area contributed by atoms with Gasteiger partial charge in [-0.15, -0.1) is 24.8 Å². The second-order valence-electron chi connectivity index (χ2n) is 6.68. The first-order valence-corrected chi connectivity index (χ1v) is 10.1. The van der Waals surface area contributed by atoms with Gasteiger partial charge in [0, 0.05) is 23.6 Å². The van der Waals surface area contributed by atoms with Crippen molar-refractivity contribution in [3.8, 4) is 11.5 Å². The number of thioether (sulfide) groups is 1. The number of nitrogens with one attached hydrogen (secondary N) is 2. The zero-order valence-electron chi connectivity index (χ0n) is 17.4. The van der Waals surface area contributed by atoms with Crippen molar-refractivity contribution in [1.29, 1.82) is 5.41 Å². The molecular weight excluding hydrogens is 488 g/mol. The zero-order chi connectivity index (χ0) is 22.3. The summed E-state index contributed by atoms with van der Waals surface area (Å²) in [6.07, 6.45) is -4.73. The van der Waals surface area contributed by atoms with E-state index in [1.807, 2.05) is 19.4 Å². The van der Waals surface area contributed by atoms with Gasteiger partial charge in [-0.05, 0) is 50.0 Å². The van der Waals surface area contributed by atoms with E-state index >= 15 is 0 Å². The maximum atomic E-state index is 13.5. The number of nitrogens with zero attached hydrogens (tertiary/aromatic N) is 1. The van der Waals surface area contributed by atoms with Crippen LogP contribution in [-0.2, 0) is 11.9 Å². The van der Waals surface area contributed by atoms with Crippen LogP contribution < -0.4 is 15.8 Å². The molecule has 1 amide bonds. The van der Waals surface area contributed by atoms with Crippen molar-refractivity contribution in [3.63, 3.8) is 0 Å². The van der Waals surface area contributed by atoms with E-state index in [4.69, 9.17) is 15.9 Å². The van der Waals surface area contributed by atoms with Gasteiger partial charge in [0.15, 0.2) is 5.96 Å². The van der Waals surface area contributed by atoms with Crippen molar-refractivity contribution in [2.75, 3.05) is 26.4 Å². The quantitative estimate of drug-likeness (QED) is 0.269. The summed E-state index contributed by atoms with van der Waals surface area (Å²) in [4.78, 5) is 13.9. The molecular formula is C20H25Cl2F3N4O2S. The highest BCUT2D eigenvalue weighted by Gasteiger charge is 2.35. The Morgan fingerprint density at radius 2 is 1.78 bits per heavy atom. The first kappa shape index (κ1) is 29.9. The molecule has 0 fully saturated rings. The largest absolute Gasteiger partial charge is 0.457 e. The number of carbonyl (C=O) groups excluding carboxylic acids is 1. The molecule has 2 aromatic carbocycles. The standard InChI is InChI=1S/C20H23F3N4O2S.2ClH/c1-27(2)9-10-30-12-13-3-6-15(7-4-13)29-17-8-5-14(18(28)26-19(24)25)11-16(17)20(21,22)23;;/h3-8,11H,9-10,12H2,1-2H3,(H4,24,25,26,28);2*1H. The van der Waals surface area contributed by atoms with Gasteiger partial charge in [-0.3, -0.25) is 15.5 Å². The fraction of sp³-hybridized carbons (Fsp3) is 0.300. The normalized spacial score (nSPS) is 10.7. The maximum absolute atomic E-state index is 13.5. The summed E-state index contributed by atoms with van der Waals surface area (Å²) in [6, 6.07) is 9.75. The minimum atomic E-state index is -4.73. The van der Waals surface area contributed by atoms with Gasteiger partial charge >= 0.3 is 6.18 Å². The molecule has 0 heterocycles. The summed E-state index contributed by atoms with van der Waals surface area (Å²) in [5.41, 5.74) is 4.71. The highest BCUT2D eigenvalue weighted by molar-refractivity contribution is 7.98. The lowest BCUT2D eigenvalue weighted by Gasteiger charge is -2.15. The molecule has 0 aromatic heterocycles. The summed E-state index contributed by atoms with van der Waals surface area (Å²) in [5, 5.41) is 8.98. The summed E-state index contributed by atoms with van der Waals surface area (Å²) in [6.45, 7) is 0.965. The molecule has 0 aliphatic heterocycles. The number of ether oxygens (including phenoxy) is 1. The number of hydrogen-bond acceptors (Lipinski definition) is 5. The monoisotopic (exact) mass is 512 g/mol. The van der Waals surface area contributed by atoms with Crippen LogP contribution in [0, 0.1) is 5.41 Å². The first-order chi connectivity index (χ1) is 14.1. The van der Waals surface area contributed by atoms with E-state index in [-0.39, 0.29) is 36.1 Å². The number of rotatable bonds is 8. The fourth-order valence-electron chi connectivity index (χ4n) is 2.39. The van der Waals surface area contributed by atoms with E-state index in [0.717, 1.165) is 29.7 Å². The van der Waals surface area contributed by atoms with Crippen molar-refractivity contribution in [3.05, 3.63) is 59.2 Å². The van der Waals surface area contributed by atoms with Crippen LogP contribution in [0.4, 0.5) is 13.2 Å². The van der Waals surface area contributed by atoms with Crippen LogP contribution in [0.15, 0.2) is 42.5 Å². The molecule has 0 unspecified atom stereocenters. The van der Waals surface area contributed by atoms with Crippen molar-refractivity contribution < 1.29 is 22.7 Å². The van der Waals surface area contributed by atoms with Crippen LogP contribution in [0.2, 0.25) is 0 Å². The Hall–Kier alpha value is -2.14. The number of hydrogen-bond donors (Lipinski definition) is 3. The van der Waals surface area contributed by atoms with Crippen molar-refractivity contribution in [2.45, 2.75) is 11.9 Å². The molecule has 12 heteroatoms. The van der Waals surface area contributed by atoms with Gasteiger partial charge in [0.1, 0.15) is 11.5 Å². The topological polar surface area (TPSA) is 91.4 Å². The predicted molar refractivity (Wildman–Crippen MR) is 127 cm³/mol. The predicted octanol–water partition coefficient (Wildman–Crippen LogP) is 4.76. The SMILES string of the molecule is CN(C)CCSCc1ccc(Oc2ccc(C(=O)NC(=N)N)cc2C(F)(F)F)cc1.Cl.Cl. The van der Waals surface area contributed by atoms with E-state index in [1.165, 1.54) is 6.07 Å². The van der Waals surface area contributed by atoms with Crippen molar-refractivity contribution in [1.82, 2.24) is 10.2 Å². The molecule has 4 N–H and O–H groups in total. The highest BCUT2D eigenvalue weighted by atomic mass is 35.5. The number of carbonyl (C=O) groups is 1. The van der Waals surface area contributed by atoms with Gasteiger partial charge < -0.3 is 15.4 Å². The number of amides is 1. The molecule has 0 aliphatic carbocycles. The molecule has 2 aromatic rings. The minimum Gasteiger partial charge on any atom is -0.457 e. The van der Waals surface area contributed by atoms with Gasteiger partial charge in [-0.2, -0.15) is 24.9 Å². The number of guanidine groups is 1. The molecule has 32 heavy (non-hydrogen) atoms. The molecule has 0 radical (unpaired) electrons. The Morgan fingerprint density at radius 3 is 2.31 bits per heavy atom. The Balaban J connectivity index is 0.00000480. The molecule has 0 bridgehead atoms. The van der Waals surface area contributed by atoms with Crippen LogP contribution >= 0.6 is 36.6 Å². The molecule has 0 saturated carbocycles. The first-order valence-electron chi connectivity index (χ1n) is 8.92. The Kier molecular flexibility index (Phi) is 12.5. The van der Waals surface area contributed by atoms with E-state index in [2.05, 4.69) is 4.90 Å². The second-order valence-corrected chi connectivity index (χ2v) is 7.78. The van der Waals surface area contributed by atoms with E-state index in [0.29, 0.717) is 6.07 Å². The molecule has 6 nitrogen and oxygen atoms in total. The number of halogens is 5. The second kappa shape index (κ2) is 13.4. The van der Waals surface area contributed by atoms with Crippen molar-refractivity contribution in [2.24, 2.45) is 5.73 Å². The van der Waals surface area contributed by atoms with Crippen LogP contribution in [0.3, 0.4) is 0 Å². The highest BCUT2D eigenvalue weighted by Crippen LogP contribution is 2.38. The molecule has 0 saturated heterocycles. The molecule has 0 atom stereocenters. The zero-order valence-corrected chi connectivity index (χ0v) is 19.8. The molecule has 2 rings (SSSR count). The maximum Gasteiger partial charge on any atom is 0.420 e. The van der Waals surface area contributed by atoms with Gasteiger partial charge in [0.25, 0.3) is 5.91 Å². The van der Waals surface area contributed by atoms with Crippen LogP contribution in [0.25, 0.3) is 0 Å². The number of nitrogens with two attached hydrogens (primary N) is 1. The van der Waals surface area contributed by atoms with E-state index < -0.39 is 29.4 Å².